The van der Waals surface area contributed by atoms with Gasteiger partial charge in [-0.25, -0.2) is 4.98 Å². The summed E-state index contributed by atoms with van der Waals surface area (Å²) in [6.07, 6.45) is 1.57. The zero-order chi connectivity index (χ0) is 22.8. The number of aromatic nitrogens is 2. The summed E-state index contributed by atoms with van der Waals surface area (Å²) in [4.78, 5) is 23.4. The topological polar surface area (TPSA) is 88.2 Å². The Bertz CT molecular complexity index is 1170. The number of carbonyl (C=O) groups is 1. The molecule has 0 atom stereocenters. The zero-order valence-electron chi connectivity index (χ0n) is 18.8. The number of piperidine rings is 1. The minimum absolute atomic E-state index is 0.0868. The van der Waals surface area contributed by atoms with E-state index in [4.69, 9.17) is 9.72 Å². The molecule has 33 heavy (non-hydrogen) atoms. The molecule has 3 aromatic rings. The molecule has 8 heteroatoms. The van der Waals surface area contributed by atoms with Gasteiger partial charge in [-0.3, -0.25) is 9.52 Å². The Hall–Kier alpha value is -3.10. The molecule has 4 bridgehead atoms. The Labute approximate surface area is 197 Å². The van der Waals surface area contributed by atoms with E-state index in [1.807, 2.05) is 36.4 Å². The smallest absolute Gasteiger partial charge is 0.251 e. The Morgan fingerprint density at radius 2 is 1.76 bits per heavy atom. The number of anilines is 1. The normalized spacial score (nSPS) is 17.6. The van der Waals surface area contributed by atoms with Gasteiger partial charge in [0.2, 0.25) is 11.8 Å². The molecule has 170 valence electrons. The lowest BCUT2D eigenvalue weighted by Crippen LogP contribution is -2.58. The molecule has 0 radical (unpaired) electrons. The van der Waals surface area contributed by atoms with Gasteiger partial charge in [0.1, 0.15) is 6.61 Å². The third-order valence-electron chi connectivity index (χ3n) is 6.23. The van der Waals surface area contributed by atoms with Crippen LogP contribution in [0.3, 0.4) is 0 Å². The average Bonchev–Trinajstić information content (AvgIpc) is 2.82. The molecule has 2 aliphatic heterocycles. The van der Waals surface area contributed by atoms with Gasteiger partial charge in [0, 0.05) is 22.1 Å². The number of carbonyl (C=O) groups excluding carboxylic acids is 1. The van der Waals surface area contributed by atoms with Crippen LogP contribution < -0.4 is 20.1 Å². The summed E-state index contributed by atoms with van der Waals surface area (Å²) in [5.74, 6) is 0.874. The molecule has 1 saturated heterocycles. The molecule has 7 nitrogen and oxygen atoms in total. The van der Waals surface area contributed by atoms with Crippen molar-refractivity contribution in [3.63, 3.8) is 0 Å². The van der Waals surface area contributed by atoms with Crippen molar-refractivity contribution in [3.8, 4) is 17.1 Å². The van der Waals surface area contributed by atoms with Crippen molar-refractivity contribution in [2.45, 2.75) is 37.1 Å². The first kappa shape index (κ1) is 21.7. The van der Waals surface area contributed by atoms with Gasteiger partial charge in [-0.2, -0.15) is 4.98 Å². The fourth-order valence-corrected chi connectivity index (χ4v) is 5.07. The summed E-state index contributed by atoms with van der Waals surface area (Å²) < 4.78 is 9.50. The average molecular weight is 462 g/mol. The summed E-state index contributed by atoms with van der Waals surface area (Å²) in [6, 6.07) is 15.7. The number of ether oxygens (including phenoxy) is 1. The molecule has 5 rings (SSSR count). The monoisotopic (exact) mass is 461 g/mol. The fraction of sp³-hybridized carbons (Fsp3) is 0.320. The first-order valence-corrected chi connectivity index (χ1v) is 12.0. The largest absolute Gasteiger partial charge is 0.475 e. The maximum absolute atomic E-state index is 13.1. The van der Waals surface area contributed by atoms with E-state index in [2.05, 4.69) is 46.3 Å². The van der Waals surface area contributed by atoms with E-state index in [1.165, 1.54) is 11.9 Å². The van der Waals surface area contributed by atoms with Crippen molar-refractivity contribution in [3.05, 3.63) is 65.2 Å². The second kappa shape index (κ2) is 9.03. The number of amides is 1. The quantitative estimate of drug-likeness (QED) is 0.470. The molecule has 2 aromatic carbocycles. The van der Waals surface area contributed by atoms with Gasteiger partial charge >= 0.3 is 0 Å². The van der Waals surface area contributed by atoms with E-state index >= 15 is 0 Å². The van der Waals surface area contributed by atoms with Crippen molar-refractivity contribution in [1.29, 1.82) is 0 Å². The summed E-state index contributed by atoms with van der Waals surface area (Å²) >= 11 is 1.37. The number of rotatable bonds is 1. The molecule has 2 aliphatic rings. The number of benzene rings is 2. The van der Waals surface area contributed by atoms with E-state index in [9.17, 15) is 4.79 Å². The maximum Gasteiger partial charge on any atom is 0.251 e. The molecule has 1 fully saturated rings. The third kappa shape index (κ3) is 4.67. The van der Waals surface area contributed by atoms with Gasteiger partial charge in [0.05, 0.1) is 11.2 Å². The van der Waals surface area contributed by atoms with E-state index in [0.717, 1.165) is 53.2 Å². The molecule has 1 spiro atoms. The second-order valence-corrected chi connectivity index (χ2v) is 9.57. The molecule has 0 aliphatic carbocycles. The van der Waals surface area contributed by atoms with Crippen molar-refractivity contribution in [2.24, 2.45) is 0 Å². The van der Waals surface area contributed by atoms with Gasteiger partial charge in [-0.05, 0) is 81.1 Å². The van der Waals surface area contributed by atoms with Crippen LogP contribution >= 0.6 is 11.9 Å². The summed E-state index contributed by atoms with van der Waals surface area (Å²) in [7, 11) is 0. The first-order chi connectivity index (χ1) is 16.0. The minimum atomic E-state index is -0.461. The van der Waals surface area contributed by atoms with Crippen LogP contribution in [0, 0.1) is 13.8 Å². The maximum atomic E-state index is 13.1. The van der Waals surface area contributed by atoms with Crippen LogP contribution in [0.2, 0.25) is 0 Å². The highest BCUT2D eigenvalue weighted by Gasteiger charge is 2.35. The van der Waals surface area contributed by atoms with Gasteiger partial charge in [-0.1, -0.05) is 24.3 Å². The van der Waals surface area contributed by atoms with Crippen LogP contribution in [0.4, 0.5) is 5.95 Å². The second-order valence-electron chi connectivity index (χ2n) is 8.69. The molecule has 0 unspecified atom stereocenters. The van der Waals surface area contributed by atoms with Crippen LogP contribution in [0.15, 0.2) is 53.4 Å². The van der Waals surface area contributed by atoms with Gasteiger partial charge in [0.25, 0.3) is 5.91 Å². The van der Waals surface area contributed by atoms with Gasteiger partial charge < -0.3 is 15.4 Å². The fourth-order valence-electron chi connectivity index (χ4n) is 4.43. The molecule has 3 heterocycles. The Morgan fingerprint density at radius 1 is 1.00 bits per heavy atom. The van der Waals surface area contributed by atoms with Crippen molar-refractivity contribution in [2.75, 3.05) is 24.4 Å². The number of aryl methyl sites for hydroxylation is 2. The lowest BCUT2D eigenvalue weighted by Gasteiger charge is -2.38. The summed E-state index contributed by atoms with van der Waals surface area (Å²) in [5.41, 5.74) is 4.34. The van der Waals surface area contributed by atoms with Crippen LogP contribution in [-0.2, 0) is 0 Å². The number of nitrogens with zero attached hydrogens (tertiary/aromatic N) is 2. The number of fused-ring (bicyclic) bond motifs is 4. The standard InChI is InChI=1S/C25H27N5O2S/c1-16-5-3-6-17(2)22(16)20-14-21-28-24(27-20)30-33-19-8-4-7-18(13-19)23(31)29-25(15-32-21)9-11-26-12-10-25/h3-8,13-14,26H,9-12,15H2,1-2H3,(H,29,31)(H,27,28,30). The first-order valence-electron chi connectivity index (χ1n) is 11.2. The predicted octanol–water partition coefficient (Wildman–Crippen LogP) is 4.12. The Morgan fingerprint density at radius 3 is 2.55 bits per heavy atom. The Balaban J connectivity index is 1.58. The highest BCUT2D eigenvalue weighted by molar-refractivity contribution is 8.00. The molecular formula is C25H27N5O2S. The van der Waals surface area contributed by atoms with Crippen molar-refractivity contribution < 1.29 is 9.53 Å². The zero-order valence-corrected chi connectivity index (χ0v) is 19.6. The molecule has 3 N–H and O–H groups in total. The number of hydrogen-bond acceptors (Lipinski definition) is 7. The summed E-state index contributed by atoms with van der Waals surface area (Å²) in [6.45, 7) is 6.16. The highest BCUT2D eigenvalue weighted by atomic mass is 32.2. The number of hydrogen-bond donors (Lipinski definition) is 3. The lowest BCUT2D eigenvalue weighted by atomic mass is 9.88. The van der Waals surface area contributed by atoms with Gasteiger partial charge in [-0.15, -0.1) is 0 Å². The minimum Gasteiger partial charge on any atom is -0.475 e. The predicted molar refractivity (Wildman–Crippen MR) is 131 cm³/mol. The molecular weight excluding hydrogens is 434 g/mol. The SMILES string of the molecule is Cc1cccc(C)c1-c1cc2nc(n1)NSc1cccc(c1)C(=O)NC1(CCNCC1)CO2. The molecule has 1 amide bonds. The van der Waals surface area contributed by atoms with Crippen LogP contribution in [0.25, 0.3) is 11.3 Å². The Kier molecular flexibility index (Phi) is 5.95. The van der Waals surface area contributed by atoms with E-state index in [0.29, 0.717) is 24.0 Å². The van der Waals surface area contributed by atoms with Crippen molar-refractivity contribution >= 4 is 23.8 Å². The van der Waals surface area contributed by atoms with Gasteiger partial charge in [0.15, 0.2) is 0 Å². The van der Waals surface area contributed by atoms with Crippen LogP contribution in [-0.4, -0.2) is 41.1 Å². The molecule has 0 saturated carbocycles. The molecule has 1 aromatic heterocycles. The highest BCUT2D eigenvalue weighted by Crippen LogP contribution is 2.31. The summed E-state index contributed by atoms with van der Waals surface area (Å²) in [5, 5.41) is 6.65. The lowest BCUT2D eigenvalue weighted by molar-refractivity contribution is 0.0797. The van der Waals surface area contributed by atoms with Crippen LogP contribution in [0.1, 0.15) is 34.3 Å². The van der Waals surface area contributed by atoms with Crippen molar-refractivity contribution in [1.82, 2.24) is 20.6 Å². The number of nitrogens with one attached hydrogen (secondary N) is 3. The van der Waals surface area contributed by atoms with E-state index in [-0.39, 0.29) is 5.91 Å². The third-order valence-corrected chi connectivity index (χ3v) is 7.01. The van der Waals surface area contributed by atoms with Crippen LogP contribution in [0.5, 0.6) is 5.88 Å². The van der Waals surface area contributed by atoms with E-state index in [1.54, 1.807) is 0 Å². The van der Waals surface area contributed by atoms with E-state index < -0.39 is 5.54 Å².